The molecule has 88 valence electrons. The summed E-state index contributed by atoms with van der Waals surface area (Å²) in [4.78, 5) is 4.64. The van der Waals surface area contributed by atoms with E-state index < -0.39 is 0 Å². The van der Waals surface area contributed by atoms with Gasteiger partial charge in [-0.25, -0.2) is 0 Å². The largest absolute Gasteiger partial charge is 0.387 e. The molecule has 1 aromatic rings. The van der Waals surface area contributed by atoms with E-state index in [0.29, 0.717) is 5.92 Å². The van der Waals surface area contributed by atoms with Crippen molar-refractivity contribution in [3.8, 4) is 0 Å². The Morgan fingerprint density at radius 2 is 2.19 bits per heavy atom. The molecule has 0 aromatic carbocycles. The normalized spacial score (nSPS) is 20.9. The maximum Gasteiger partial charge on any atom is 0.0975 e. The van der Waals surface area contributed by atoms with Gasteiger partial charge in [-0.3, -0.25) is 4.99 Å². The van der Waals surface area contributed by atoms with Crippen LogP contribution in [-0.2, 0) is 0 Å². The van der Waals surface area contributed by atoms with Gasteiger partial charge in [-0.15, -0.1) is 0 Å². The second-order valence-electron chi connectivity index (χ2n) is 4.62. The Morgan fingerprint density at radius 1 is 1.44 bits per heavy atom. The van der Waals surface area contributed by atoms with Crippen LogP contribution in [-0.4, -0.2) is 5.84 Å². The predicted octanol–water partition coefficient (Wildman–Crippen LogP) is 3.75. The molecule has 2 N–H and O–H groups in total. The second kappa shape index (κ2) is 5.48. The van der Waals surface area contributed by atoms with E-state index in [4.69, 9.17) is 5.73 Å². The Morgan fingerprint density at radius 3 is 2.81 bits per heavy atom. The number of aliphatic imine (C=N–C) groups is 1. The minimum absolute atomic E-state index is 0.216. The first-order valence-corrected chi connectivity index (χ1v) is 7.07. The lowest BCUT2D eigenvalue weighted by Gasteiger charge is -2.21. The molecule has 0 bridgehead atoms. The maximum absolute atomic E-state index is 6.11. The van der Waals surface area contributed by atoms with E-state index in [0.717, 1.165) is 5.84 Å². The first-order chi connectivity index (χ1) is 7.77. The molecule has 1 aliphatic carbocycles. The second-order valence-corrected chi connectivity index (χ2v) is 5.40. The number of nitrogens with zero attached hydrogens (tertiary/aromatic N) is 1. The van der Waals surface area contributed by atoms with Crippen LogP contribution in [0, 0.1) is 5.92 Å². The summed E-state index contributed by atoms with van der Waals surface area (Å²) >= 11 is 1.72. The predicted molar refractivity (Wildman–Crippen MR) is 70.9 cm³/mol. The number of thiophene rings is 1. The van der Waals surface area contributed by atoms with E-state index in [-0.39, 0.29) is 6.04 Å². The Balaban J connectivity index is 1.99. The molecule has 1 heterocycles. The minimum Gasteiger partial charge on any atom is -0.387 e. The zero-order chi connectivity index (χ0) is 11.4. The minimum atomic E-state index is 0.216. The molecular formula is C13H20N2S. The summed E-state index contributed by atoms with van der Waals surface area (Å²) < 4.78 is 0. The van der Waals surface area contributed by atoms with Gasteiger partial charge in [0.25, 0.3) is 0 Å². The van der Waals surface area contributed by atoms with Gasteiger partial charge in [-0.1, -0.05) is 19.3 Å². The zero-order valence-corrected chi connectivity index (χ0v) is 10.7. The molecule has 0 aliphatic heterocycles. The third-order valence-electron chi connectivity index (χ3n) is 3.39. The van der Waals surface area contributed by atoms with E-state index in [1.54, 1.807) is 11.3 Å². The molecule has 0 spiro atoms. The lowest BCUT2D eigenvalue weighted by atomic mass is 9.88. The molecule has 0 saturated heterocycles. The summed E-state index contributed by atoms with van der Waals surface area (Å²) in [6, 6.07) is 2.35. The Kier molecular flexibility index (Phi) is 3.99. The van der Waals surface area contributed by atoms with Gasteiger partial charge >= 0.3 is 0 Å². The van der Waals surface area contributed by atoms with Gasteiger partial charge in [-0.05, 0) is 42.2 Å². The van der Waals surface area contributed by atoms with Gasteiger partial charge in [-0.2, -0.15) is 11.3 Å². The molecule has 1 unspecified atom stereocenters. The van der Waals surface area contributed by atoms with Crippen LogP contribution in [0.3, 0.4) is 0 Å². The van der Waals surface area contributed by atoms with Crippen LogP contribution in [0.4, 0.5) is 0 Å². The molecule has 1 aliphatic rings. The van der Waals surface area contributed by atoms with Gasteiger partial charge in [0, 0.05) is 5.92 Å². The number of nitrogens with two attached hydrogens (primary N) is 1. The molecule has 0 radical (unpaired) electrons. The standard InChI is InChI=1S/C13H20N2S/c1-10(12-7-8-16-9-12)15-13(14)11-5-3-2-4-6-11/h7-11H,2-6H2,1H3,(H2,14,15). The van der Waals surface area contributed by atoms with E-state index >= 15 is 0 Å². The van der Waals surface area contributed by atoms with Crippen LogP contribution in [0.25, 0.3) is 0 Å². The van der Waals surface area contributed by atoms with E-state index in [1.807, 2.05) is 0 Å². The summed E-state index contributed by atoms with van der Waals surface area (Å²) in [6.45, 7) is 2.12. The van der Waals surface area contributed by atoms with Crippen LogP contribution in [0.2, 0.25) is 0 Å². The number of hydrogen-bond donors (Lipinski definition) is 1. The average molecular weight is 236 g/mol. The Bertz CT molecular complexity index is 337. The Hall–Kier alpha value is -0.830. The molecule has 3 heteroatoms. The molecule has 0 amide bonds. The van der Waals surface area contributed by atoms with Crippen molar-refractivity contribution in [1.29, 1.82) is 0 Å². The van der Waals surface area contributed by atoms with Crippen molar-refractivity contribution in [1.82, 2.24) is 0 Å². The van der Waals surface area contributed by atoms with Crippen molar-refractivity contribution in [2.45, 2.75) is 45.1 Å². The first kappa shape index (κ1) is 11.6. The lowest BCUT2D eigenvalue weighted by Crippen LogP contribution is -2.26. The van der Waals surface area contributed by atoms with Gasteiger partial charge in [0.1, 0.15) is 0 Å². The zero-order valence-electron chi connectivity index (χ0n) is 9.86. The molecule has 2 nitrogen and oxygen atoms in total. The highest BCUT2D eigenvalue weighted by atomic mass is 32.1. The maximum atomic E-state index is 6.11. The average Bonchev–Trinajstić information content (AvgIpc) is 2.83. The van der Waals surface area contributed by atoms with Gasteiger partial charge < -0.3 is 5.73 Å². The van der Waals surface area contributed by atoms with Crippen molar-refractivity contribution in [2.24, 2.45) is 16.6 Å². The topological polar surface area (TPSA) is 38.4 Å². The first-order valence-electron chi connectivity index (χ1n) is 6.12. The van der Waals surface area contributed by atoms with Crippen molar-refractivity contribution < 1.29 is 0 Å². The van der Waals surface area contributed by atoms with Crippen molar-refractivity contribution in [2.75, 3.05) is 0 Å². The molecule has 1 aromatic heterocycles. The monoisotopic (exact) mass is 236 g/mol. The number of hydrogen-bond acceptors (Lipinski definition) is 2. The van der Waals surface area contributed by atoms with Crippen LogP contribution in [0.1, 0.15) is 50.6 Å². The molecule has 1 saturated carbocycles. The molecule has 1 fully saturated rings. The molecule has 16 heavy (non-hydrogen) atoms. The fourth-order valence-corrected chi connectivity index (χ4v) is 3.06. The fourth-order valence-electron chi connectivity index (χ4n) is 2.31. The summed E-state index contributed by atoms with van der Waals surface area (Å²) in [5.74, 6) is 1.41. The van der Waals surface area contributed by atoms with Gasteiger partial charge in [0.2, 0.25) is 0 Å². The highest BCUT2D eigenvalue weighted by Gasteiger charge is 2.17. The third kappa shape index (κ3) is 2.85. The summed E-state index contributed by atoms with van der Waals surface area (Å²) in [6.07, 6.45) is 6.45. The summed E-state index contributed by atoms with van der Waals surface area (Å²) in [5, 5.41) is 4.25. The molecule has 1 atom stereocenters. The van der Waals surface area contributed by atoms with Crippen molar-refractivity contribution in [3.63, 3.8) is 0 Å². The SMILES string of the molecule is CC(N=C(N)C1CCCCC1)c1ccsc1. The highest BCUT2D eigenvalue weighted by molar-refractivity contribution is 7.07. The van der Waals surface area contributed by atoms with Crippen molar-refractivity contribution >= 4 is 17.2 Å². The molecular weight excluding hydrogens is 216 g/mol. The van der Waals surface area contributed by atoms with E-state index in [9.17, 15) is 0 Å². The number of amidine groups is 1. The van der Waals surface area contributed by atoms with E-state index in [1.165, 1.54) is 37.7 Å². The van der Waals surface area contributed by atoms with Gasteiger partial charge in [0.05, 0.1) is 11.9 Å². The highest BCUT2D eigenvalue weighted by Crippen LogP contribution is 2.26. The third-order valence-corrected chi connectivity index (χ3v) is 4.09. The summed E-state index contributed by atoms with van der Waals surface area (Å²) in [5.41, 5.74) is 7.39. The number of rotatable bonds is 3. The van der Waals surface area contributed by atoms with Crippen LogP contribution in [0.15, 0.2) is 21.8 Å². The Labute approximate surface area is 102 Å². The summed E-state index contributed by atoms with van der Waals surface area (Å²) in [7, 11) is 0. The van der Waals surface area contributed by atoms with Crippen LogP contribution < -0.4 is 5.73 Å². The van der Waals surface area contributed by atoms with Crippen LogP contribution >= 0.6 is 11.3 Å². The van der Waals surface area contributed by atoms with Gasteiger partial charge in [0.15, 0.2) is 0 Å². The van der Waals surface area contributed by atoms with E-state index in [2.05, 4.69) is 28.7 Å². The smallest absolute Gasteiger partial charge is 0.0975 e. The lowest BCUT2D eigenvalue weighted by molar-refractivity contribution is 0.435. The quantitative estimate of drug-likeness (QED) is 0.630. The fraction of sp³-hybridized carbons (Fsp3) is 0.615. The molecule has 2 rings (SSSR count). The van der Waals surface area contributed by atoms with Crippen molar-refractivity contribution in [3.05, 3.63) is 22.4 Å². The van der Waals surface area contributed by atoms with Crippen LogP contribution in [0.5, 0.6) is 0 Å².